The summed E-state index contributed by atoms with van der Waals surface area (Å²) in [6.45, 7) is 6.83. The number of hydrogen-bond donors (Lipinski definition) is 0. The van der Waals surface area contributed by atoms with Crippen molar-refractivity contribution < 1.29 is 13.9 Å². The van der Waals surface area contributed by atoms with E-state index in [-0.39, 0.29) is 12.0 Å². The largest absolute Gasteiger partial charge is 0.444 e. The third-order valence-electron chi connectivity index (χ3n) is 4.28. The fourth-order valence-corrected chi connectivity index (χ4v) is 4.19. The van der Waals surface area contributed by atoms with E-state index in [0.29, 0.717) is 40.0 Å². The van der Waals surface area contributed by atoms with E-state index in [2.05, 4.69) is 10.2 Å². The molecule has 28 heavy (non-hydrogen) atoms. The van der Waals surface area contributed by atoms with Crippen LogP contribution in [0.1, 0.15) is 51.0 Å². The Hall–Kier alpha value is -1.44. The number of piperidine rings is 1. The van der Waals surface area contributed by atoms with E-state index in [1.54, 1.807) is 17.0 Å². The van der Waals surface area contributed by atoms with Gasteiger partial charge in [-0.3, -0.25) is 0 Å². The van der Waals surface area contributed by atoms with E-state index in [9.17, 15) is 4.79 Å². The standard InChI is InChI=1S/C19H23Cl2N3O3S/c1-19(2,3)27-18(25)24-8-6-12(7-9-24)16-22-23-17(26-16)28-11-13-4-5-14(20)10-15(13)21/h4-5,10,12H,6-9,11H2,1-3H3. The van der Waals surface area contributed by atoms with Gasteiger partial charge in [0, 0.05) is 34.8 Å². The van der Waals surface area contributed by atoms with Crippen LogP contribution < -0.4 is 0 Å². The fraction of sp³-hybridized carbons (Fsp3) is 0.526. The minimum absolute atomic E-state index is 0.152. The maximum absolute atomic E-state index is 12.2. The first-order valence-electron chi connectivity index (χ1n) is 9.09. The van der Waals surface area contributed by atoms with E-state index in [1.807, 2.05) is 26.8 Å². The van der Waals surface area contributed by atoms with Gasteiger partial charge in [-0.1, -0.05) is 41.0 Å². The molecule has 2 aromatic rings. The summed E-state index contributed by atoms with van der Waals surface area (Å²) in [7, 11) is 0. The first-order chi connectivity index (χ1) is 13.2. The van der Waals surface area contributed by atoms with Gasteiger partial charge >= 0.3 is 6.09 Å². The van der Waals surface area contributed by atoms with Crippen LogP contribution in [-0.4, -0.2) is 39.9 Å². The molecule has 9 heteroatoms. The summed E-state index contributed by atoms with van der Waals surface area (Å²) in [6, 6.07) is 5.42. The van der Waals surface area contributed by atoms with Gasteiger partial charge in [-0.25, -0.2) is 4.79 Å². The predicted octanol–water partition coefficient (Wildman–Crippen LogP) is 5.78. The van der Waals surface area contributed by atoms with Crippen molar-refractivity contribution >= 4 is 41.1 Å². The highest BCUT2D eigenvalue weighted by atomic mass is 35.5. The van der Waals surface area contributed by atoms with Gasteiger partial charge in [-0.2, -0.15) is 0 Å². The number of carbonyl (C=O) groups is 1. The van der Waals surface area contributed by atoms with Crippen LogP contribution in [0.5, 0.6) is 0 Å². The second kappa shape index (κ2) is 8.93. The van der Waals surface area contributed by atoms with Crippen LogP contribution in [0.3, 0.4) is 0 Å². The van der Waals surface area contributed by atoms with Gasteiger partial charge in [0.2, 0.25) is 5.89 Å². The normalized spacial score (nSPS) is 15.7. The van der Waals surface area contributed by atoms with Gasteiger partial charge in [0.1, 0.15) is 5.60 Å². The molecule has 0 N–H and O–H groups in total. The highest BCUT2D eigenvalue weighted by Gasteiger charge is 2.29. The van der Waals surface area contributed by atoms with Crippen molar-refractivity contribution in [2.24, 2.45) is 0 Å². The SMILES string of the molecule is CC(C)(C)OC(=O)N1CCC(c2nnc(SCc3ccc(Cl)cc3Cl)o2)CC1. The number of carbonyl (C=O) groups excluding carboxylic acids is 1. The summed E-state index contributed by atoms with van der Waals surface area (Å²) in [5.74, 6) is 1.39. The van der Waals surface area contributed by atoms with Gasteiger partial charge in [0.05, 0.1) is 0 Å². The number of ether oxygens (including phenoxy) is 1. The number of aromatic nitrogens is 2. The molecule has 1 aliphatic heterocycles. The average molecular weight is 444 g/mol. The molecule has 0 bridgehead atoms. The number of rotatable bonds is 4. The first-order valence-corrected chi connectivity index (χ1v) is 10.8. The smallest absolute Gasteiger partial charge is 0.410 e. The summed E-state index contributed by atoms with van der Waals surface area (Å²) in [6.07, 6.45) is 1.27. The Balaban J connectivity index is 1.51. The topological polar surface area (TPSA) is 68.5 Å². The van der Waals surface area contributed by atoms with Crippen molar-refractivity contribution in [3.05, 3.63) is 39.7 Å². The molecule has 0 aliphatic carbocycles. The van der Waals surface area contributed by atoms with Gasteiger partial charge in [0.25, 0.3) is 5.22 Å². The molecule has 1 aliphatic rings. The first kappa shape index (κ1) is 21.3. The molecule has 152 valence electrons. The lowest BCUT2D eigenvalue weighted by atomic mass is 9.97. The van der Waals surface area contributed by atoms with Crippen molar-refractivity contribution in [1.29, 1.82) is 0 Å². The van der Waals surface area contributed by atoms with Crippen molar-refractivity contribution in [1.82, 2.24) is 15.1 Å². The van der Waals surface area contributed by atoms with E-state index < -0.39 is 5.60 Å². The molecule has 0 saturated carbocycles. The molecule has 1 fully saturated rings. The predicted molar refractivity (Wildman–Crippen MR) is 110 cm³/mol. The van der Waals surface area contributed by atoms with Crippen LogP contribution in [0.15, 0.2) is 27.8 Å². The minimum Gasteiger partial charge on any atom is -0.444 e. The fourth-order valence-electron chi connectivity index (χ4n) is 2.86. The van der Waals surface area contributed by atoms with Crippen LogP contribution in [0, 0.1) is 0 Å². The lowest BCUT2D eigenvalue weighted by Gasteiger charge is -2.32. The Kier molecular flexibility index (Phi) is 6.78. The Morgan fingerprint density at radius 3 is 2.64 bits per heavy atom. The molecular weight excluding hydrogens is 421 g/mol. The second-order valence-corrected chi connectivity index (χ2v) is 9.44. The number of likely N-dealkylation sites (tertiary alicyclic amines) is 1. The summed E-state index contributed by atoms with van der Waals surface area (Å²) < 4.78 is 11.2. The Labute approximate surface area is 178 Å². The molecule has 0 unspecified atom stereocenters. The molecule has 0 radical (unpaired) electrons. The van der Waals surface area contributed by atoms with E-state index in [1.165, 1.54) is 11.8 Å². The lowest BCUT2D eigenvalue weighted by Crippen LogP contribution is -2.41. The maximum atomic E-state index is 12.2. The van der Waals surface area contributed by atoms with Gasteiger partial charge in [-0.05, 0) is 51.3 Å². The van der Waals surface area contributed by atoms with E-state index in [4.69, 9.17) is 32.4 Å². The lowest BCUT2D eigenvalue weighted by molar-refractivity contribution is 0.0198. The Bertz CT molecular complexity index is 830. The van der Waals surface area contributed by atoms with Gasteiger partial charge in [-0.15, -0.1) is 10.2 Å². The monoisotopic (exact) mass is 443 g/mol. The van der Waals surface area contributed by atoms with Crippen LogP contribution in [0.25, 0.3) is 0 Å². The highest BCUT2D eigenvalue weighted by molar-refractivity contribution is 7.98. The number of nitrogens with zero attached hydrogens (tertiary/aromatic N) is 3. The van der Waals surface area contributed by atoms with Crippen LogP contribution in [-0.2, 0) is 10.5 Å². The number of amides is 1. The quantitative estimate of drug-likeness (QED) is 0.557. The zero-order valence-corrected chi connectivity index (χ0v) is 18.4. The zero-order valence-electron chi connectivity index (χ0n) is 16.1. The van der Waals surface area contributed by atoms with Crippen molar-refractivity contribution in [3.8, 4) is 0 Å². The van der Waals surface area contributed by atoms with Gasteiger partial charge in [0.15, 0.2) is 0 Å². The molecule has 1 aromatic carbocycles. The van der Waals surface area contributed by atoms with Crippen molar-refractivity contribution in [2.45, 2.75) is 56.1 Å². The Morgan fingerprint density at radius 2 is 2.00 bits per heavy atom. The number of hydrogen-bond acceptors (Lipinski definition) is 6. The molecule has 0 atom stereocenters. The van der Waals surface area contributed by atoms with Crippen LogP contribution in [0.4, 0.5) is 4.79 Å². The number of halogens is 2. The minimum atomic E-state index is -0.487. The third-order valence-corrected chi connectivity index (χ3v) is 5.74. The molecule has 3 rings (SSSR count). The summed E-state index contributed by atoms with van der Waals surface area (Å²) >= 11 is 13.6. The summed E-state index contributed by atoms with van der Waals surface area (Å²) in [5.41, 5.74) is 0.473. The molecular formula is C19H23Cl2N3O3S. The van der Waals surface area contributed by atoms with Crippen LogP contribution >= 0.6 is 35.0 Å². The maximum Gasteiger partial charge on any atom is 0.410 e. The molecule has 1 saturated heterocycles. The Morgan fingerprint density at radius 1 is 1.29 bits per heavy atom. The molecule has 2 heterocycles. The number of thioether (sulfide) groups is 1. The van der Waals surface area contributed by atoms with Crippen LogP contribution in [0.2, 0.25) is 10.0 Å². The van der Waals surface area contributed by atoms with Crippen molar-refractivity contribution in [2.75, 3.05) is 13.1 Å². The molecule has 1 aromatic heterocycles. The second-order valence-electron chi connectivity index (χ2n) is 7.67. The van der Waals surface area contributed by atoms with Crippen molar-refractivity contribution in [3.63, 3.8) is 0 Å². The number of benzene rings is 1. The summed E-state index contributed by atoms with van der Waals surface area (Å²) in [4.78, 5) is 13.9. The third kappa shape index (κ3) is 5.78. The van der Waals surface area contributed by atoms with E-state index >= 15 is 0 Å². The molecule has 6 nitrogen and oxygen atoms in total. The molecule has 0 spiro atoms. The van der Waals surface area contributed by atoms with Gasteiger partial charge < -0.3 is 14.1 Å². The summed E-state index contributed by atoms with van der Waals surface area (Å²) in [5, 5.41) is 10.1. The average Bonchev–Trinajstić information content (AvgIpc) is 3.09. The zero-order chi connectivity index (χ0) is 20.3. The highest BCUT2D eigenvalue weighted by Crippen LogP contribution is 2.32. The van der Waals surface area contributed by atoms with E-state index in [0.717, 1.165) is 18.4 Å². The molecule has 1 amide bonds.